The number of aryl methyl sites for hydroxylation is 4. The average molecular weight is 381 g/mol. The number of hydrogen-bond donors (Lipinski definition) is 1. The van der Waals surface area contributed by atoms with Gasteiger partial charge in [-0.3, -0.25) is 14.4 Å². The lowest BCUT2D eigenvalue weighted by Crippen LogP contribution is -2.31. The second-order valence-electron chi connectivity index (χ2n) is 7.20. The summed E-state index contributed by atoms with van der Waals surface area (Å²) in [6.45, 7) is 11.0. The third-order valence-electron chi connectivity index (χ3n) is 5.16. The Kier molecular flexibility index (Phi) is 6.73. The molecule has 0 aromatic heterocycles. The number of esters is 1. The normalized spacial score (nSPS) is 10.5. The highest BCUT2D eigenvalue weighted by Crippen LogP contribution is 2.22. The molecule has 28 heavy (non-hydrogen) atoms. The van der Waals surface area contributed by atoms with Crippen molar-refractivity contribution in [3.63, 3.8) is 0 Å². The molecule has 0 radical (unpaired) electrons. The Labute approximate surface area is 166 Å². The molecule has 0 heterocycles. The maximum absolute atomic E-state index is 12.5. The predicted octanol–water partition coefficient (Wildman–Crippen LogP) is 3.69. The molecule has 5 nitrogen and oxygen atoms in total. The van der Waals surface area contributed by atoms with Gasteiger partial charge in [-0.1, -0.05) is 12.1 Å². The first-order valence-electron chi connectivity index (χ1n) is 9.23. The topological polar surface area (TPSA) is 72.5 Å². The number of hydrogen-bond acceptors (Lipinski definition) is 4. The highest BCUT2D eigenvalue weighted by Gasteiger charge is 2.17. The molecule has 1 amide bonds. The number of rotatable bonds is 6. The van der Waals surface area contributed by atoms with Gasteiger partial charge in [-0.2, -0.15) is 0 Å². The van der Waals surface area contributed by atoms with Crippen LogP contribution >= 0.6 is 0 Å². The van der Waals surface area contributed by atoms with Gasteiger partial charge in [0.25, 0.3) is 5.91 Å². The van der Waals surface area contributed by atoms with Crippen LogP contribution in [0.15, 0.2) is 24.3 Å². The molecule has 0 fully saturated rings. The van der Waals surface area contributed by atoms with Crippen LogP contribution < -0.4 is 5.32 Å². The Morgan fingerprint density at radius 3 is 2.14 bits per heavy atom. The Balaban J connectivity index is 1.92. The summed E-state index contributed by atoms with van der Waals surface area (Å²) < 4.78 is 5.06. The number of carbonyl (C=O) groups excluding carboxylic acids is 3. The zero-order chi connectivity index (χ0) is 21.0. The maximum Gasteiger partial charge on any atom is 0.325 e. The molecule has 0 saturated carbocycles. The lowest BCUT2D eigenvalue weighted by molar-refractivity contribution is -0.141. The van der Waals surface area contributed by atoms with Crippen LogP contribution in [0, 0.1) is 41.5 Å². The Bertz CT molecular complexity index is 944. The van der Waals surface area contributed by atoms with E-state index < -0.39 is 5.97 Å². The van der Waals surface area contributed by atoms with Gasteiger partial charge in [0.15, 0.2) is 6.61 Å². The Morgan fingerprint density at radius 2 is 1.50 bits per heavy atom. The van der Waals surface area contributed by atoms with Gasteiger partial charge in [-0.25, -0.2) is 0 Å². The van der Waals surface area contributed by atoms with Crippen LogP contribution in [0.5, 0.6) is 0 Å². The van der Waals surface area contributed by atoms with Crippen molar-refractivity contribution in [1.82, 2.24) is 5.32 Å². The molecule has 2 rings (SSSR count). The molecule has 0 aliphatic carbocycles. The van der Waals surface area contributed by atoms with Crippen molar-refractivity contribution in [1.29, 1.82) is 0 Å². The van der Waals surface area contributed by atoms with Gasteiger partial charge in [-0.15, -0.1) is 0 Å². The molecular weight excluding hydrogens is 354 g/mol. The summed E-state index contributed by atoms with van der Waals surface area (Å²) in [7, 11) is 0. The van der Waals surface area contributed by atoms with E-state index >= 15 is 0 Å². The third kappa shape index (κ3) is 4.85. The minimum absolute atomic E-state index is 0.244. The van der Waals surface area contributed by atoms with Gasteiger partial charge < -0.3 is 10.1 Å². The van der Waals surface area contributed by atoms with Crippen LogP contribution in [0.1, 0.15) is 54.1 Å². The molecule has 0 spiro atoms. The summed E-state index contributed by atoms with van der Waals surface area (Å²) in [6.07, 6.45) is 0. The maximum atomic E-state index is 12.5. The number of nitrogens with one attached hydrogen (secondary N) is 1. The zero-order valence-corrected chi connectivity index (χ0v) is 17.4. The van der Waals surface area contributed by atoms with Gasteiger partial charge in [0.05, 0.1) is 0 Å². The number of carbonyl (C=O) groups is 3. The zero-order valence-electron chi connectivity index (χ0n) is 17.4. The Morgan fingerprint density at radius 1 is 0.821 bits per heavy atom. The van der Waals surface area contributed by atoms with E-state index in [2.05, 4.69) is 5.32 Å². The minimum atomic E-state index is -0.648. The second-order valence-corrected chi connectivity index (χ2v) is 7.20. The summed E-state index contributed by atoms with van der Waals surface area (Å²) in [4.78, 5) is 36.6. The van der Waals surface area contributed by atoms with Crippen molar-refractivity contribution in [3.8, 4) is 0 Å². The van der Waals surface area contributed by atoms with Crippen molar-refractivity contribution < 1.29 is 19.1 Å². The van der Waals surface area contributed by atoms with E-state index in [0.29, 0.717) is 11.1 Å². The van der Waals surface area contributed by atoms with E-state index in [4.69, 9.17) is 4.74 Å². The lowest BCUT2D eigenvalue weighted by Gasteiger charge is -2.14. The number of amides is 1. The molecule has 0 bridgehead atoms. The minimum Gasteiger partial charge on any atom is -0.456 e. The summed E-state index contributed by atoms with van der Waals surface area (Å²) >= 11 is 0. The van der Waals surface area contributed by atoms with Crippen LogP contribution in [0.3, 0.4) is 0 Å². The number of Topliss-reactive ketones (excluding diaryl/α,β-unsaturated/α-hetero) is 1. The van der Waals surface area contributed by atoms with Crippen molar-refractivity contribution in [2.45, 2.75) is 41.5 Å². The second kappa shape index (κ2) is 8.83. The van der Waals surface area contributed by atoms with Crippen molar-refractivity contribution in [2.75, 3.05) is 13.2 Å². The summed E-state index contributed by atoms with van der Waals surface area (Å²) in [5, 5.41) is 2.52. The van der Waals surface area contributed by atoms with Crippen LogP contribution in [0.25, 0.3) is 0 Å². The number of ketones is 1. The van der Waals surface area contributed by atoms with Gasteiger partial charge >= 0.3 is 5.97 Å². The smallest absolute Gasteiger partial charge is 0.325 e. The van der Waals surface area contributed by atoms with E-state index in [-0.39, 0.29) is 24.8 Å². The van der Waals surface area contributed by atoms with Crippen LogP contribution in [0.4, 0.5) is 0 Å². The quantitative estimate of drug-likeness (QED) is 0.612. The molecule has 1 N–H and O–H groups in total. The molecular formula is C23H27NO4. The van der Waals surface area contributed by atoms with Crippen molar-refractivity contribution in [2.24, 2.45) is 0 Å². The van der Waals surface area contributed by atoms with Crippen molar-refractivity contribution >= 4 is 17.7 Å². The molecule has 0 atom stereocenters. The first-order chi connectivity index (χ1) is 13.1. The van der Waals surface area contributed by atoms with E-state index in [0.717, 1.165) is 33.4 Å². The molecule has 0 aliphatic rings. The van der Waals surface area contributed by atoms with Crippen LogP contribution in [-0.2, 0) is 9.53 Å². The highest BCUT2D eigenvalue weighted by atomic mass is 16.5. The van der Waals surface area contributed by atoms with E-state index in [1.807, 2.05) is 53.7 Å². The summed E-state index contributed by atoms with van der Waals surface area (Å²) in [5.74, 6) is -1.25. The van der Waals surface area contributed by atoms with Crippen LogP contribution in [0.2, 0.25) is 0 Å². The van der Waals surface area contributed by atoms with E-state index in [1.54, 1.807) is 12.1 Å². The monoisotopic (exact) mass is 381 g/mol. The summed E-state index contributed by atoms with van der Waals surface area (Å²) in [5.41, 5.74) is 7.11. The molecule has 0 saturated heterocycles. The molecule has 5 heteroatoms. The van der Waals surface area contributed by atoms with E-state index in [9.17, 15) is 14.4 Å². The number of ether oxygens (including phenoxy) is 1. The van der Waals surface area contributed by atoms with Gasteiger partial charge in [0, 0.05) is 11.1 Å². The Hall–Kier alpha value is -2.95. The van der Waals surface area contributed by atoms with Crippen molar-refractivity contribution in [3.05, 3.63) is 68.8 Å². The van der Waals surface area contributed by atoms with E-state index in [1.165, 1.54) is 0 Å². The lowest BCUT2D eigenvalue weighted by atomic mass is 9.92. The fourth-order valence-electron chi connectivity index (χ4n) is 3.12. The third-order valence-corrected chi connectivity index (χ3v) is 5.16. The average Bonchev–Trinajstić information content (AvgIpc) is 2.64. The number of benzene rings is 2. The first-order valence-corrected chi connectivity index (χ1v) is 9.23. The van der Waals surface area contributed by atoms with Gasteiger partial charge in [0.2, 0.25) is 5.78 Å². The molecule has 2 aromatic carbocycles. The van der Waals surface area contributed by atoms with Crippen LogP contribution in [-0.4, -0.2) is 30.8 Å². The standard InChI is InChI=1S/C23H27NO4/c1-13-7-8-19(10-14(13)2)23(27)24-11-21(26)28-12-20(25)22-16(4)9-15(3)17(5)18(22)6/h7-10H,11-12H2,1-6H3,(H,24,27). The fraction of sp³-hybridized carbons (Fsp3) is 0.348. The SMILES string of the molecule is Cc1ccc(C(=O)NCC(=O)OCC(=O)c2c(C)cc(C)c(C)c2C)cc1C. The largest absolute Gasteiger partial charge is 0.456 e. The summed E-state index contributed by atoms with van der Waals surface area (Å²) in [6, 6.07) is 7.29. The molecule has 148 valence electrons. The predicted molar refractivity (Wildman–Crippen MR) is 109 cm³/mol. The van der Waals surface area contributed by atoms with Gasteiger partial charge in [-0.05, 0) is 87.1 Å². The fourth-order valence-corrected chi connectivity index (χ4v) is 3.12. The molecule has 0 unspecified atom stereocenters. The molecule has 2 aromatic rings. The molecule has 0 aliphatic heterocycles. The van der Waals surface area contributed by atoms with Gasteiger partial charge in [0.1, 0.15) is 6.54 Å². The highest BCUT2D eigenvalue weighted by molar-refractivity contribution is 6.01. The first kappa shape index (κ1) is 21.4.